The van der Waals surface area contributed by atoms with Gasteiger partial charge in [-0.3, -0.25) is 4.79 Å². The van der Waals surface area contributed by atoms with Gasteiger partial charge in [-0.2, -0.15) is 4.31 Å². The van der Waals surface area contributed by atoms with Crippen LogP contribution in [0.25, 0.3) is 0 Å². The van der Waals surface area contributed by atoms with Gasteiger partial charge < -0.3 is 5.32 Å². The van der Waals surface area contributed by atoms with Crippen molar-refractivity contribution >= 4 is 15.9 Å². The smallest absolute Gasteiger partial charge is 0.227 e. The maximum absolute atomic E-state index is 13.1. The molecule has 1 saturated heterocycles. The second kappa shape index (κ2) is 7.46. The Bertz CT molecular complexity index is 705. The number of fused-ring (bicyclic) bond motifs is 1. The van der Waals surface area contributed by atoms with E-state index in [0.717, 1.165) is 32.1 Å². The molecule has 2 aliphatic rings. The zero-order chi connectivity index (χ0) is 17.9. The lowest BCUT2D eigenvalue weighted by atomic mass is 9.67. The first-order valence-corrected chi connectivity index (χ1v) is 10.9. The second-order valence-corrected chi connectivity index (χ2v) is 9.22. The van der Waals surface area contributed by atoms with Gasteiger partial charge in [-0.15, -0.1) is 0 Å². The first-order valence-electron chi connectivity index (χ1n) is 9.31. The average Bonchev–Trinajstić information content (AvgIpc) is 2.62. The molecule has 6 heteroatoms. The van der Waals surface area contributed by atoms with Crippen LogP contribution in [0.1, 0.15) is 44.6 Å². The maximum Gasteiger partial charge on any atom is 0.227 e. The van der Waals surface area contributed by atoms with Crippen LogP contribution in [0.3, 0.4) is 0 Å². The highest BCUT2D eigenvalue weighted by Gasteiger charge is 2.54. The molecular weight excluding hydrogens is 336 g/mol. The van der Waals surface area contributed by atoms with Crippen molar-refractivity contribution < 1.29 is 13.2 Å². The van der Waals surface area contributed by atoms with Gasteiger partial charge in [0.05, 0.1) is 11.2 Å². The van der Waals surface area contributed by atoms with E-state index in [4.69, 9.17) is 0 Å². The van der Waals surface area contributed by atoms with Gasteiger partial charge in [-0.1, -0.05) is 50.1 Å². The predicted molar refractivity (Wildman–Crippen MR) is 98.6 cm³/mol. The minimum Gasteiger partial charge on any atom is -0.355 e. The Morgan fingerprint density at radius 1 is 1.24 bits per heavy atom. The molecule has 2 atom stereocenters. The van der Waals surface area contributed by atoms with Crippen molar-refractivity contribution in [3.8, 4) is 0 Å². The van der Waals surface area contributed by atoms with Crippen LogP contribution in [0, 0.1) is 5.41 Å². The number of amides is 1. The van der Waals surface area contributed by atoms with E-state index in [0.29, 0.717) is 19.5 Å². The third-order valence-corrected chi connectivity index (χ3v) is 7.75. The molecule has 138 valence electrons. The van der Waals surface area contributed by atoms with E-state index in [-0.39, 0.29) is 17.7 Å². The minimum atomic E-state index is -3.23. The summed E-state index contributed by atoms with van der Waals surface area (Å²) in [5.41, 5.74) is 0.651. The van der Waals surface area contributed by atoms with Crippen LogP contribution in [0.2, 0.25) is 0 Å². The Kier molecular flexibility index (Phi) is 5.49. The first kappa shape index (κ1) is 18.4. The van der Waals surface area contributed by atoms with Crippen molar-refractivity contribution in [3.63, 3.8) is 0 Å². The first-order chi connectivity index (χ1) is 12.0. The second-order valence-electron chi connectivity index (χ2n) is 7.18. The van der Waals surface area contributed by atoms with Gasteiger partial charge >= 0.3 is 0 Å². The number of nitrogens with one attached hydrogen (secondary N) is 1. The average molecular weight is 365 g/mol. The molecule has 3 rings (SSSR count). The van der Waals surface area contributed by atoms with Crippen LogP contribution >= 0.6 is 0 Å². The summed E-state index contributed by atoms with van der Waals surface area (Å²) in [7, 11) is -3.23. The SMILES string of the molecule is CCN1C2CCCCC2(C(=O)NCCc2ccccc2)CCS1(=O)=O. The van der Waals surface area contributed by atoms with Gasteiger partial charge in [-0.25, -0.2) is 8.42 Å². The Morgan fingerprint density at radius 2 is 2.00 bits per heavy atom. The summed E-state index contributed by atoms with van der Waals surface area (Å²) >= 11 is 0. The highest BCUT2D eigenvalue weighted by molar-refractivity contribution is 7.89. The van der Waals surface area contributed by atoms with Crippen LogP contribution in [0.15, 0.2) is 30.3 Å². The highest BCUT2D eigenvalue weighted by Crippen LogP contribution is 2.46. The van der Waals surface area contributed by atoms with E-state index >= 15 is 0 Å². The molecule has 1 amide bonds. The number of rotatable bonds is 5. The summed E-state index contributed by atoms with van der Waals surface area (Å²) in [4.78, 5) is 13.1. The van der Waals surface area contributed by atoms with E-state index < -0.39 is 15.4 Å². The molecule has 1 aliphatic heterocycles. The third kappa shape index (κ3) is 3.60. The van der Waals surface area contributed by atoms with Crippen molar-refractivity contribution in [1.29, 1.82) is 0 Å². The van der Waals surface area contributed by atoms with Gasteiger partial charge in [0.1, 0.15) is 0 Å². The molecule has 1 heterocycles. The Morgan fingerprint density at radius 3 is 2.72 bits per heavy atom. The molecule has 1 aromatic carbocycles. The molecular formula is C19H28N2O3S. The zero-order valence-electron chi connectivity index (χ0n) is 14.9. The van der Waals surface area contributed by atoms with Gasteiger partial charge in [0.2, 0.25) is 15.9 Å². The summed E-state index contributed by atoms with van der Waals surface area (Å²) in [5.74, 6) is 0.130. The summed E-state index contributed by atoms with van der Waals surface area (Å²) in [6, 6.07) is 9.91. The Labute approximate surface area is 150 Å². The standard InChI is InChI=1S/C19H28N2O3S/c1-2-21-17-10-6-7-12-19(17,13-15-25(21,23)24)18(22)20-14-11-16-8-4-3-5-9-16/h3-5,8-9,17H,2,6-7,10-15H2,1H3,(H,20,22). The van der Waals surface area contributed by atoms with Crippen molar-refractivity contribution in [2.24, 2.45) is 5.41 Å². The number of hydrogen-bond donors (Lipinski definition) is 1. The number of carbonyl (C=O) groups is 1. The normalized spacial score (nSPS) is 28.9. The summed E-state index contributed by atoms with van der Waals surface area (Å²) in [5, 5.41) is 3.10. The topological polar surface area (TPSA) is 66.5 Å². The quantitative estimate of drug-likeness (QED) is 0.872. The summed E-state index contributed by atoms with van der Waals surface area (Å²) in [6.45, 7) is 2.91. The lowest BCUT2D eigenvalue weighted by molar-refractivity contribution is -0.137. The van der Waals surface area contributed by atoms with E-state index in [2.05, 4.69) is 17.4 Å². The van der Waals surface area contributed by atoms with Crippen molar-refractivity contribution in [2.45, 2.75) is 51.5 Å². The fourth-order valence-electron chi connectivity index (χ4n) is 4.49. The monoisotopic (exact) mass is 364 g/mol. The molecule has 2 fully saturated rings. The van der Waals surface area contributed by atoms with Crippen LogP contribution in [0.4, 0.5) is 0 Å². The number of carbonyl (C=O) groups excluding carboxylic acids is 1. The van der Waals surface area contributed by atoms with Crippen LogP contribution in [-0.2, 0) is 21.2 Å². The molecule has 0 spiro atoms. The third-order valence-electron chi connectivity index (χ3n) is 5.81. The van der Waals surface area contributed by atoms with Crippen molar-refractivity contribution in [2.75, 3.05) is 18.8 Å². The highest BCUT2D eigenvalue weighted by atomic mass is 32.2. The fourth-order valence-corrected chi connectivity index (χ4v) is 6.44. The van der Waals surface area contributed by atoms with Gasteiger partial charge in [0, 0.05) is 19.1 Å². The van der Waals surface area contributed by atoms with Gasteiger partial charge in [0.25, 0.3) is 0 Å². The lowest BCUT2D eigenvalue weighted by Crippen LogP contribution is -2.62. The molecule has 1 aromatic rings. The van der Waals surface area contributed by atoms with Crippen LogP contribution < -0.4 is 5.32 Å². The molecule has 25 heavy (non-hydrogen) atoms. The predicted octanol–water partition coefficient (Wildman–Crippen LogP) is 2.33. The minimum absolute atomic E-state index is 0.0430. The molecule has 1 aliphatic carbocycles. The van der Waals surface area contributed by atoms with Gasteiger partial charge in [-0.05, 0) is 31.2 Å². The van der Waals surface area contributed by atoms with E-state index in [1.165, 1.54) is 5.56 Å². The number of hydrogen-bond acceptors (Lipinski definition) is 3. The Balaban J connectivity index is 1.72. The molecule has 1 saturated carbocycles. The number of sulfonamides is 1. The molecule has 1 N–H and O–H groups in total. The van der Waals surface area contributed by atoms with E-state index in [9.17, 15) is 13.2 Å². The molecule has 2 unspecified atom stereocenters. The molecule has 0 radical (unpaired) electrons. The van der Waals surface area contributed by atoms with E-state index in [1.807, 2.05) is 25.1 Å². The molecule has 5 nitrogen and oxygen atoms in total. The van der Waals surface area contributed by atoms with Gasteiger partial charge in [0.15, 0.2) is 0 Å². The fraction of sp³-hybridized carbons (Fsp3) is 0.632. The zero-order valence-corrected chi connectivity index (χ0v) is 15.7. The molecule has 0 bridgehead atoms. The van der Waals surface area contributed by atoms with Crippen LogP contribution in [0.5, 0.6) is 0 Å². The van der Waals surface area contributed by atoms with Crippen molar-refractivity contribution in [1.82, 2.24) is 9.62 Å². The number of nitrogens with zero attached hydrogens (tertiary/aromatic N) is 1. The van der Waals surface area contributed by atoms with Crippen molar-refractivity contribution in [3.05, 3.63) is 35.9 Å². The lowest BCUT2D eigenvalue weighted by Gasteiger charge is -2.50. The Hall–Kier alpha value is -1.40. The number of benzene rings is 1. The van der Waals surface area contributed by atoms with E-state index in [1.54, 1.807) is 4.31 Å². The summed E-state index contributed by atoms with van der Waals surface area (Å²) < 4.78 is 26.4. The maximum atomic E-state index is 13.1. The molecule has 0 aromatic heterocycles. The summed E-state index contributed by atoms with van der Waals surface area (Å²) in [6.07, 6.45) is 4.83. The largest absolute Gasteiger partial charge is 0.355 e. The van der Waals surface area contributed by atoms with Crippen LogP contribution in [-0.4, -0.2) is 43.5 Å².